The Bertz CT molecular complexity index is 950. The molecule has 30 heavy (non-hydrogen) atoms. The van der Waals surface area contributed by atoms with Crippen LogP contribution in [0.1, 0.15) is 44.1 Å². The molecule has 0 bridgehead atoms. The maximum atomic E-state index is 13.7. The van der Waals surface area contributed by atoms with Crippen LogP contribution < -0.4 is 5.32 Å². The molecule has 1 saturated heterocycles. The Morgan fingerprint density at radius 1 is 0.967 bits per heavy atom. The minimum atomic E-state index is -1.17. The van der Waals surface area contributed by atoms with Gasteiger partial charge < -0.3 is 5.32 Å². The summed E-state index contributed by atoms with van der Waals surface area (Å²) in [5.41, 5.74) is 0.397. The number of benzene rings is 2. The molecule has 1 heterocycles. The molecule has 4 rings (SSSR count). The molecule has 0 aromatic heterocycles. The maximum Gasteiger partial charge on any atom is 0.259 e. The van der Waals surface area contributed by atoms with E-state index in [1.54, 1.807) is 24.3 Å². The lowest BCUT2D eigenvalue weighted by Gasteiger charge is -2.32. The highest BCUT2D eigenvalue weighted by Gasteiger charge is 2.52. The zero-order chi connectivity index (χ0) is 21.1. The van der Waals surface area contributed by atoms with Crippen LogP contribution in [0.3, 0.4) is 0 Å². The van der Waals surface area contributed by atoms with E-state index in [1.165, 1.54) is 4.90 Å². The normalized spacial score (nSPS) is 22.8. The summed E-state index contributed by atoms with van der Waals surface area (Å²) in [5, 5.41) is 4.22. The van der Waals surface area contributed by atoms with Crippen molar-refractivity contribution < 1.29 is 9.59 Å². The molecule has 2 aromatic carbocycles. The lowest BCUT2D eigenvalue weighted by atomic mass is 9.93. The number of carbonyl (C=O) groups excluding carboxylic acids is 2. The Kier molecular flexibility index (Phi) is 6.16. The second-order valence-corrected chi connectivity index (χ2v) is 8.91. The molecule has 0 spiro atoms. The molecule has 2 fully saturated rings. The number of hydrogen-bond acceptors (Lipinski definition) is 3. The third-order valence-corrected chi connectivity index (χ3v) is 6.27. The van der Waals surface area contributed by atoms with E-state index in [4.69, 9.17) is 23.2 Å². The van der Waals surface area contributed by atoms with Gasteiger partial charge in [-0.05, 0) is 42.7 Å². The van der Waals surface area contributed by atoms with Gasteiger partial charge in [0.2, 0.25) is 5.91 Å². The fourth-order valence-corrected chi connectivity index (χ4v) is 4.92. The first kappa shape index (κ1) is 21.0. The van der Waals surface area contributed by atoms with Gasteiger partial charge in [0.05, 0.1) is 6.42 Å². The Hall–Kier alpha value is -2.30. The van der Waals surface area contributed by atoms with E-state index in [9.17, 15) is 9.59 Å². The Labute approximate surface area is 186 Å². The summed E-state index contributed by atoms with van der Waals surface area (Å²) in [6.07, 6.45) is 8.76. The van der Waals surface area contributed by atoms with Crippen molar-refractivity contribution in [2.45, 2.75) is 50.1 Å². The van der Waals surface area contributed by atoms with E-state index < -0.39 is 5.54 Å². The van der Waals surface area contributed by atoms with Crippen LogP contribution in [0.25, 0.3) is 6.08 Å². The highest BCUT2D eigenvalue weighted by atomic mass is 35.5. The molecule has 4 nitrogen and oxygen atoms in total. The van der Waals surface area contributed by atoms with Crippen LogP contribution in [-0.4, -0.2) is 28.3 Å². The summed E-state index contributed by atoms with van der Waals surface area (Å²) in [5.74, 6) is -0.340. The number of likely N-dealkylation sites (tertiary alicyclic amines) is 1. The molecule has 2 aromatic rings. The van der Waals surface area contributed by atoms with Crippen molar-refractivity contribution in [2.75, 3.05) is 5.32 Å². The van der Waals surface area contributed by atoms with Crippen molar-refractivity contribution in [1.29, 1.82) is 0 Å². The number of hydrogen-bond donors (Lipinski definition) is 1. The van der Waals surface area contributed by atoms with Crippen LogP contribution in [0.15, 0.2) is 54.6 Å². The van der Waals surface area contributed by atoms with Crippen molar-refractivity contribution in [2.24, 2.45) is 0 Å². The van der Waals surface area contributed by atoms with Crippen molar-refractivity contribution in [3.8, 4) is 0 Å². The van der Waals surface area contributed by atoms with Crippen molar-refractivity contribution >= 4 is 46.8 Å². The number of carbonyl (C=O) groups is 2. The third kappa shape index (κ3) is 4.40. The molecule has 0 radical (unpaired) electrons. The van der Waals surface area contributed by atoms with Gasteiger partial charge >= 0.3 is 0 Å². The highest BCUT2D eigenvalue weighted by molar-refractivity contribution is 6.35. The van der Waals surface area contributed by atoms with Gasteiger partial charge in [0, 0.05) is 21.8 Å². The lowest BCUT2D eigenvalue weighted by molar-refractivity contribution is -0.142. The molecule has 1 atom stereocenters. The van der Waals surface area contributed by atoms with Gasteiger partial charge in [0.25, 0.3) is 5.91 Å². The average Bonchev–Trinajstić information content (AvgIpc) is 2.97. The molecule has 2 aliphatic rings. The molecule has 1 N–H and O–H groups in total. The van der Waals surface area contributed by atoms with Gasteiger partial charge in [0.1, 0.15) is 5.54 Å². The fraction of sp³-hybridized carbons (Fsp3) is 0.333. The first-order valence-corrected chi connectivity index (χ1v) is 11.1. The quantitative estimate of drug-likeness (QED) is 0.581. The van der Waals surface area contributed by atoms with Gasteiger partial charge in [-0.2, -0.15) is 0 Å². The first-order valence-electron chi connectivity index (χ1n) is 10.3. The van der Waals surface area contributed by atoms with Gasteiger partial charge in [0.15, 0.2) is 0 Å². The number of anilines is 1. The third-order valence-electron chi connectivity index (χ3n) is 5.83. The van der Waals surface area contributed by atoms with E-state index in [1.807, 2.05) is 36.4 Å². The van der Waals surface area contributed by atoms with Gasteiger partial charge in [-0.3, -0.25) is 14.5 Å². The summed E-state index contributed by atoms with van der Waals surface area (Å²) < 4.78 is 0. The van der Waals surface area contributed by atoms with Gasteiger partial charge in [-0.25, -0.2) is 0 Å². The summed E-state index contributed by atoms with van der Waals surface area (Å²) >= 11 is 12.3. The Morgan fingerprint density at radius 3 is 2.30 bits per heavy atom. The van der Waals surface area contributed by atoms with E-state index in [0.29, 0.717) is 15.7 Å². The van der Waals surface area contributed by atoms with Crippen molar-refractivity contribution in [1.82, 2.24) is 4.90 Å². The molecule has 1 aliphatic heterocycles. The predicted molar refractivity (Wildman–Crippen MR) is 122 cm³/mol. The van der Waals surface area contributed by atoms with E-state index >= 15 is 0 Å². The summed E-state index contributed by atoms with van der Waals surface area (Å²) in [6, 6.07) is 14.8. The van der Waals surface area contributed by atoms with Gasteiger partial charge in [-0.1, -0.05) is 78.9 Å². The summed E-state index contributed by atoms with van der Waals surface area (Å²) in [4.78, 5) is 28.2. The molecule has 156 valence electrons. The van der Waals surface area contributed by atoms with Crippen molar-refractivity contribution in [3.63, 3.8) is 0 Å². The second kappa shape index (κ2) is 8.83. The molecule has 1 saturated carbocycles. The lowest BCUT2D eigenvalue weighted by Crippen LogP contribution is -2.48. The standard InChI is InChI=1S/C24H24Cl2N2O2/c25-18-13-19(26)15-20(14-18)27-24(12-11-17-7-3-1-4-8-17)16-22(29)28(23(24)30)21-9-5-2-6-10-21/h1,3-4,7-8,11-15,21,27H,2,5-6,9-10,16H2/b12-11+/t24-/m0/s1. The molecule has 2 amide bonds. The number of rotatable bonds is 5. The molecule has 0 unspecified atom stereocenters. The molecule has 1 aliphatic carbocycles. The highest BCUT2D eigenvalue weighted by Crippen LogP contribution is 2.36. The SMILES string of the molecule is O=C1C[C@](/C=C/c2ccccc2)(Nc2cc(Cl)cc(Cl)c2)C(=O)N1C1CCCCC1. The van der Waals surface area contributed by atoms with E-state index in [2.05, 4.69) is 5.32 Å². The van der Waals surface area contributed by atoms with E-state index in [-0.39, 0.29) is 24.3 Å². The van der Waals surface area contributed by atoms with E-state index in [0.717, 1.165) is 37.7 Å². The van der Waals surface area contributed by atoms with Crippen molar-refractivity contribution in [3.05, 3.63) is 70.2 Å². The number of halogens is 2. The number of amides is 2. The fourth-order valence-electron chi connectivity index (χ4n) is 4.39. The molecule has 6 heteroatoms. The maximum absolute atomic E-state index is 13.7. The van der Waals surface area contributed by atoms with Crippen LogP contribution in [0, 0.1) is 0 Å². The largest absolute Gasteiger partial charge is 0.368 e. The average molecular weight is 443 g/mol. The van der Waals surface area contributed by atoms with Crippen LogP contribution in [0.5, 0.6) is 0 Å². The van der Waals surface area contributed by atoms with Gasteiger partial charge in [-0.15, -0.1) is 0 Å². The summed E-state index contributed by atoms with van der Waals surface area (Å²) in [7, 11) is 0. The van der Waals surface area contributed by atoms with Crippen LogP contribution in [0.2, 0.25) is 10.0 Å². The molecular weight excluding hydrogens is 419 g/mol. The van der Waals surface area contributed by atoms with Crippen LogP contribution in [0.4, 0.5) is 5.69 Å². The first-order chi connectivity index (χ1) is 14.5. The van der Waals surface area contributed by atoms with Crippen LogP contribution >= 0.6 is 23.2 Å². The minimum absolute atomic E-state index is 0.0181. The number of imide groups is 1. The zero-order valence-electron chi connectivity index (χ0n) is 16.6. The number of nitrogens with one attached hydrogen (secondary N) is 1. The Balaban J connectivity index is 1.70. The minimum Gasteiger partial charge on any atom is -0.368 e. The topological polar surface area (TPSA) is 49.4 Å². The van der Waals surface area contributed by atoms with Crippen LogP contribution in [-0.2, 0) is 9.59 Å². The number of nitrogens with zero attached hydrogens (tertiary/aromatic N) is 1. The second-order valence-electron chi connectivity index (χ2n) is 8.04. The summed E-state index contributed by atoms with van der Waals surface area (Å²) in [6.45, 7) is 0. The Morgan fingerprint density at radius 2 is 1.63 bits per heavy atom. The monoisotopic (exact) mass is 442 g/mol. The predicted octanol–water partition coefficient (Wildman–Crippen LogP) is 5.95. The zero-order valence-corrected chi connectivity index (χ0v) is 18.1. The smallest absolute Gasteiger partial charge is 0.259 e. The molecular formula is C24H24Cl2N2O2.